The van der Waals surface area contributed by atoms with Crippen molar-refractivity contribution in [2.75, 3.05) is 12.3 Å². The fourth-order valence-corrected chi connectivity index (χ4v) is 4.12. The van der Waals surface area contributed by atoms with E-state index in [9.17, 15) is 4.79 Å². The van der Waals surface area contributed by atoms with E-state index in [1.807, 2.05) is 14.0 Å². The van der Waals surface area contributed by atoms with E-state index in [2.05, 4.69) is 10.00 Å². The molecule has 21 heavy (non-hydrogen) atoms. The first kappa shape index (κ1) is 14.4. The number of nitrogens with zero attached hydrogens (tertiary/aromatic N) is 3. The molecule has 0 spiro atoms. The van der Waals surface area contributed by atoms with Crippen LogP contribution in [0.25, 0.3) is 0 Å². The van der Waals surface area contributed by atoms with Gasteiger partial charge in [0, 0.05) is 19.6 Å². The van der Waals surface area contributed by atoms with Gasteiger partial charge in [-0.05, 0) is 38.0 Å². The zero-order chi connectivity index (χ0) is 15.0. The fraction of sp³-hybridized carbons (Fsp3) is 0.750. The number of hydrogen-bond donors (Lipinski definition) is 1. The molecule has 0 aromatic carbocycles. The van der Waals surface area contributed by atoms with Gasteiger partial charge in [0.05, 0.1) is 11.4 Å². The Morgan fingerprint density at radius 1 is 1.29 bits per heavy atom. The molecule has 1 aliphatic carbocycles. The van der Waals surface area contributed by atoms with E-state index in [0.29, 0.717) is 23.3 Å². The molecule has 0 radical (unpaired) electrons. The number of carbonyl (C=O) groups is 1. The van der Waals surface area contributed by atoms with Gasteiger partial charge >= 0.3 is 0 Å². The maximum atomic E-state index is 13.0. The Hall–Kier alpha value is -1.52. The molecule has 5 heteroatoms. The highest BCUT2D eigenvalue weighted by Gasteiger charge is 2.37. The molecule has 1 aliphatic heterocycles. The van der Waals surface area contributed by atoms with Crippen LogP contribution < -0.4 is 5.73 Å². The smallest absolute Gasteiger partial charge is 0.274 e. The molecule has 1 aromatic rings. The predicted octanol–water partition coefficient (Wildman–Crippen LogP) is 2.36. The molecule has 2 aliphatic rings. The maximum Gasteiger partial charge on any atom is 0.274 e. The Bertz CT molecular complexity index is 535. The van der Waals surface area contributed by atoms with Crippen LogP contribution in [0.5, 0.6) is 0 Å². The van der Waals surface area contributed by atoms with Gasteiger partial charge in [-0.1, -0.05) is 19.8 Å². The average molecular weight is 290 g/mol. The quantitative estimate of drug-likeness (QED) is 0.909. The zero-order valence-corrected chi connectivity index (χ0v) is 13.1. The van der Waals surface area contributed by atoms with Crippen LogP contribution in [0.2, 0.25) is 0 Å². The normalized spacial score (nSPS) is 25.7. The third kappa shape index (κ3) is 2.43. The Balaban J connectivity index is 1.89. The van der Waals surface area contributed by atoms with Gasteiger partial charge in [-0.15, -0.1) is 0 Å². The van der Waals surface area contributed by atoms with Crippen molar-refractivity contribution < 1.29 is 4.79 Å². The molecule has 1 aromatic heterocycles. The van der Waals surface area contributed by atoms with Crippen molar-refractivity contribution >= 4 is 11.6 Å². The number of fused-ring (bicyclic) bond motifs is 1. The van der Waals surface area contributed by atoms with Gasteiger partial charge in [0.15, 0.2) is 0 Å². The van der Waals surface area contributed by atoms with Crippen molar-refractivity contribution in [3.8, 4) is 0 Å². The fourth-order valence-electron chi connectivity index (χ4n) is 4.12. The molecule has 5 nitrogen and oxygen atoms in total. The van der Waals surface area contributed by atoms with E-state index in [1.54, 1.807) is 4.68 Å². The summed E-state index contributed by atoms with van der Waals surface area (Å²) >= 11 is 0. The lowest BCUT2D eigenvalue weighted by Crippen LogP contribution is -2.50. The first-order chi connectivity index (χ1) is 10.1. The molecule has 116 valence electrons. The largest absolute Gasteiger partial charge is 0.395 e. The van der Waals surface area contributed by atoms with Crippen LogP contribution in [0, 0.1) is 5.92 Å². The van der Waals surface area contributed by atoms with Crippen LogP contribution in [-0.2, 0) is 13.5 Å². The lowest BCUT2D eigenvalue weighted by Gasteiger charge is -2.44. The van der Waals surface area contributed by atoms with Gasteiger partial charge in [0.25, 0.3) is 5.91 Å². The lowest BCUT2D eigenvalue weighted by atomic mass is 9.78. The number of likely N-dealkylation sites (tertiary alicyclic amines) is 1. The number of nitrogen functional groups attached to an aromatic ring is 1. The summed E-state index contributed by atoms with van der Waals surface area (Å²) in [6.45, 7) is 2.89. The number of rotatable bonds is 2. The Labute approximate surface area is 126 Å². The molecule has 1 saturated heterocycles. The minimum absolute atomic E-state index is 0.0822. The Morgan fingerprint density at radius 2 is 2.00 bits per heavy atom. The first-order valence-corrected chi connectivity index (χ1v) is 8.25. The van der Waals surface area contributed by atoms with Crippen LogP contribution >= 0.6 is 0 Å². The number of piperidine rings is 1. The van der Waals surface area contributed by atoms with Crippen molar-refractivity contribution in [3.63, 3.8) is 0 Å². The highest BCUT2D eigenvalue weighted by atomic mass is 16.2. The number of nitrogens with two attached hydrogens (primary N) is 1. The second-order valence-corrected chi connectivity index (χ2v) is 6.44. The summed E-state index contributed by atoms with van der Waals surface area (Å²) in [6.07, 6.45) is 8.13. The van der Waals surface area contributed by atoms with Crippen molar-refractivity contribution in [3.05, 3.63) is 11.4 Å². The van der Waals surface area contributed by atoms with Gasteiger partial charge in [-0.25, -0.2) is 0 Å². The van der Waals surface area contributed by atoms with Crippen molar-refractivity contribution in [2.45, 2.75) is 57.9 Å². The van der Waals surface area contributed by atoms with E-state index in [-0.39, 0.29) is 5.91 Å². The van der Waals surface area contributed by atoms with E-state index in [0.717, 1.165) is 31.5 Å². The molecule has 1 saturated carbocycles. The molecular weight excluding hydrogens is 264 g/mol. The van der Waals surface area contributed by atoms with Crippen molar-refractivity contribution in [1.29, 1.82) is 0 Å². The van der Waals surface area contributed by atoms with Crippen molar-refractivity contribution in [1.82, 2.24) is 14.7 Å². The monoisotopic (exact) mass is 290 g/mol. The molecule has 2 N–H and O–H groups in total. The average Bonchev–Trinajstić information content (AvgIpc) is 2.80. The topological polar surface area (TPSA) is 64.2 Å². The molecule has 2 heterocycles. The van der Waals surface area contributed by atoms with Gasteiger partial charge in [0.1, 0.15) is 5.69 Å². The number of aryl methyl sites for hydroxylation is 2. The number of anilines is 1. The number of carbonyl (C=O) groups excluding carboxylic acids is 1. The lowest BCUT2D eigenvalue weighted by molar-refractivity contribution is 0.0382. The van der Waals surface area contributed by atoms with Gasteiger partial charge < -0.3 is 10.6 Å². The van der Waals surface area contributed by atoms with Gasteiger partial charge in [-0.2, -0.15) is 5.10 Å². The standard InChI is InChI=1S/C16H26N4O/c1-3-12-14(17)15(19(2)18-12)16(21)20-10-6-8-11-7-4-5-9-13(11)20/h11,13H,3-10,17H2,1-2H3/t11-,13-/m1/s1. The molecule has 3 rings (SSSR count). The van der Waals surface area contributed by atoms with E-state index >= 15 is 0 Å². The highest BCUT2D eigenvalue weighted by Crippen LogP contribution is 2.36. The van der Waals surface area contributed by atoms with Crippen LogP contribution in [0.4, 0.5) is 5.69 Å². The summed E-state index contributed by atoms with van der Waals surface area (Å²) in [5, 5.41) is 4.39. The van der Waals surface area contributed by atoms with Crippen LogP contribution in [0.15, 0.2) is 0 Å². The summed E-state index contributed by atoms with van der Waals surface area (Å²) < 4.78 is 1.67. The van der Waals surface area contributed by atoms with Crippen LogP contribution in [0.3, 0.4) is 0 Å². The van der Waals surface area contributed by atoms with E-state index in [1.165, 1.54) is 25.7 Å². The molecule has 2 fully saturated rings. The SMILES string of the molecule is CCc1nn(C)c(C(=O)N2CCC[C@H]3CCCC[C@H]32)c1N. The summed E-state index contributed by atoms with van der Waals surface area (Å²) in [6, 6.07) is 0.416. The van der Waals surface area contributed by atoms with Crippen molar-refractivity contribution in [2.24, 2.45) is 13.0 Å². The van der Waals surface area contributed by atoms with Gasteiger partial charge in [0.2, 0.25) is 0 Å². The minimum atomic E-state index is 0.0822. The number of amides is 1. The van der Waals surface area contributed by atoms with Crippen LogP contribution in [-0.4, -0.2) is 33.2 Å². The summed E-state index contributed by atoms with van der Waals surface area (Å²) in [5.74, 6) is 0.773. The second-order valence-electron chi connectivity index (χ2n) is 6.44. The minimum Gasteiger partial charge on any atom is -0.395 e. The molecule has 0 bridgehead atoms. The first-order valence-electron chi connectivity index (χ1n) is 8.25. The third-order valence-corrected chi connectivity index (χ3v) is 5.20. The molecular formula is C16H26N4O. The molecule has 2 atom stereocenters. The predicted molar refractivity (Wildman–Crippen MR) is 83.0 cm³/mol. The van der Waals surface area contributed by atoms with Gasteiger partial charge in [-0.3, -0.25) is 9.48 Å². The third-order valence-electron chi connectivity index (χ3n) is 5.20. The van der Waals surface area contributed by atoms with Crippen LogP contribution in [0.1, 0.15) is 61.6 Å². The molecule has 1 amide bonds. The number of hydrogen-bond acceptors (Lipinski definition) is 3. The Kier molecular flexibility index (Phi) is 3.91. The second kappa shape index (κ2) is 5.70. The zero-order valence-electron chi connectivity index (χ0n) is 13.1. The number of aromatic nitrogens is 2. The van der Waals surface area contributed by atoms with E-state index in [4.69, 9.17) is 5.73 Å². The van der Waals surface area contributed by atoms with E-state index < -0.39 is 0 Å². The molecule has 0 unspecified atom stereocenters. The summed E-state index contributed by atoms with van der Waals surface area (Å²) in [4.78, 5) is 15.1. The maximum absolute atomic E-state index is 13.0. The summed E-state index contributed by atoms with van der Waals surface area (Å²) in [5.41, 5.74) is 8.14. The highest BCUT2D eigenvalue weighted by molar-refractivity contribution is 5.98. The Morgan fingerprint density at radius 3 is 2.71 bits per heavy atom. The summed E-state index contributed by atoms with van der Waals surface area (Å²) in [7, 11) is 1.82.